The zero-order chi connectivity index (χ0) is 26.2. The largest absolute Gasteiger partial charge is 0.309 e. The van der Waals surface area contributed by atoms with Gasteiger partial charge in [0.1, 0.15) is 5.82 Å². The summed E-state index contributed by atoms with van der Waals surface area (Å²) in [6, 6.07) is 44.0. The van der Waals surface area contributed by atoms with E-state index < -0.39 is 0 Å². The molecule has 3 nitrogen and oxygen atoms in total. The third kappa shape index (κ3) is 2.97. The molecule has 0 amide bonds. The number of para-hydroxylation sites is 4. The minimum Gasteiger partial charge on any atom is -0.309 e. The molecule has 5 aromatic carbocycles. The molecular formula is C37H25N3. The molecule has 0 spiro atoms. The number of hydrogen-bond acceptors (Lipinski definition) is 1. The van der Waals surface area contributed by atoms with Gasteiger partial charge in [0.25, 0.3) is 0 Å². The molecule has 3 aromatic heterocycles. The van der Waals surface area contributed by atoms with Gasteiger partial charge in [-0.05, 0) is 77.6 Å². The third-order valence-corrected chi connectivity index (χ3v) is 8.67. The molecule has 8 aromatic rings. The first-order valence-electron chi connectivity index (χ1n) is 13.9. The Morgan fingerprint density at radius 3 is 1.50 bits per heavy atom. The highest BCUT2D eigenvalue weighted by Gasteiger charge is 2.21. The summed E-state index contributed by atoms with van der Waals surface area (Å²) in [5, 5.41) is 5.08. The average molecular weight is 512 g/mol. The van der Waals surface area contributed by atoms with Crippen LogP contribution in [-0.4, -0.2) is 14.1 Å². The van der Waals surface area contributed by atoms with E-state index in [1.165, 1.54) is 71.6 Å². The number of pyridine rings is 1. The normalized spacial score (nSPS) is 12.8. The zero-order valence-electron chi connectivity index (χ0n) is 21.9. The lowest BCUT2D eigenvalue weighted by Gasteiger charge is -2.22. The lowest BCUT2D eigenvalue weighted by atomic mass is 9.86. The van der Waals surface area contributed by atoms with Crippen LogP contribution in [0.4, 0.5) is 0 Å². The smallest absolute Gasteiger partial charge is 0.138 e. The molecule has 0 radical (unpaired) electrons. The van der Waals surface area contributed by atoms with Crippen LogP contribution in [0.15, 0.2) is 128 Å². The zero-order valence-corrected chi connectivity index (χ0v) is 21.9. The molecular weight excluding hydrogens is 486 g/mol. The second kappa shape index (κ2) is 8.17. The highest BCUT2D eigenvalue weighted by atomic mass is 15.1. The number of rotatable bonds is 2. The second-order valence-corrected chi connectivity index (χ2v) is 10.8. The van der Waals surface area contributed by atoms with Crippen LogP contribution in [0.5, 0.6) is 0 Å². The van der Waals surface area contributed by atoms with Gasteiger partial charge in [-0.1, -0.05) is 78.9 Å². The number of nitrogens with zero attached hydrogens (tertiary/aromatic N) is 3. The number of benzene rings is 5. The van der Waals surface area contributed by atoms with E-state index in [2.05, 4.69) is 137 Å². The van der Waals surface area contributed by atoms with Gasteiger partial charge in [0, 0.05) is 33.4 Å². The van der Waals surface area contributed by atoms with Crippen molar-refractivity contribution in [2.45, 2.75) is 12.8 Å². The van der Waals surface area contributed by atoms with Crippen molar-refractivity contribution in [3.8, 4) is 22.6 Å². The fourth-order valence-corrected chi connectivity index (χ4v) is 6.86. The first-order valence-corrected chi connectivity index (χ1v) is 13.9. The Labute approximate surface area is 231 Å². The Balaban J connectivity index is 1.28. The van der Waals surface area contributed by atoms with E-state index in [-0.39, 0.29) is 0 Å². The van der Waals surface area contributed by atoms with Gasteiger partial charge in [-0.25, -0.2) is 4.98 Å². The minimum atomic E-state index is 0.964. The number of aromatic nitrogens is 3. The summed E-state index contributed by atoms with van der Waals surface area (Å²) in [5.74, 6) is 0.964. The van der Waals surface area contributed by atoms with Gasteiger partial charge in [-0.2, -0.15) is 0 Å². The fourth-order valence-electron chi connectivity index (χ4n) is 6.86. The molecule has 1 aliphatic carbocycles. The van der Waals surface area contributed by atoms with Crippen LogP contribution in [0, 0.1) is 0 Å². The molecule has 0 saturated carbocycles. The van der Waals surface area contributed by atoms with Gasteiger partial charge < -0.3 is 4.57 Å². The Bertz CT molecular complexity index is 2010. The highest BCUT2D eigenvalue weighted by molar-refractivity contribution is 6.10. The Hall–Kier alpha value is -5.15. The van der Waals surface area contributed by atoms with Crippen molar-refractivity contribution in [1.82, 2.24) is 14.1 Å². The van der Waals surface area contributed by atoms with Gasteiger partial charge in [-0.3, -0.25) is 4.57 Å². The van der Waals surface area contributed by atoms with Crippen LogP contribution in [0.1, 0.15) is 11.1 Å². The lowest BCUT2D eigenvalue weighted by Crippen LogP contribution is -2.08. The molecule has 0 fully saturated rings. The van der Waals surface area contributed by atoms with E-state index in [0.717, 1.165) is 18.7 Å². The molecule has 1 aliphatic rings. The Kier molecular flexibility index (Phi) is 4.44. The molecule has 0 unspecified atom stereocenters. The maximum absolute atomic E-state index is 5.02. The van der Waals surface area contributed by atoms with E-state index >= 15 is 0 Å². The van der Waals surface area contributed by atoms with Crippen molar-refractivity contribution >= 4 is 43.6 Å². The number of aryl methyl sites for hydroxylation is 2. The van der Waals surface area contributed by atoms with Crippen LogP contribution in [0.25, 0.3) is 66.2 Å². The maximum atomic E-state index is 5.02. The Morgan fingerprint density at radius 1 is 0.450 bits per heavy atom. The van der Waals surface area contributed by atoms with Gasteiger partial charge in [0.2, 0.25) is 0 Å². The first kappa shape index (κ1) is 21.7. The van der Waals surface area contributed by atoms with Gasteiger partial charge in [-0.15, -0.1) is 0 Å². The second-order valence-electron chi connectivity index (χ2n) is 10.8. The van der Waals surface area contributed by atoms with Crippen molar-refractivity contribution in [2.24, 2.45) is 0 Å². The molecule has 40 heavy (non-hydrogen) atoms. The van der Waals surface area contributed by atoms with Crippen molar-refractivity contribution in [1.29, 1.82) is 0 Å². The van der Waals surface area contributed by atoms with Crippen molar-refractivity contribution < 1.29 is 0 Å². The summed E-state index contributed by atoms with van der Waals surface area (Å²) in [5.41, 5.74) is 11.4. The summed E-state index contributed by atoms with van der Waals surface area (Å²) in [6.45, 7) is 0. The van der Waals surface area contributed by atoms with Crippen molar-refractivity contribution in [3.63, 3.8) is 0 Å². The summed E-state index contributed by atoms with van der Waals surface area (Å²) in [6.07, 6.45) is 4.15. The predicted octanol–water partition coefficient (Wildman–Crippen LogP) is 9.04. The monoisotopic (exact) mass is 511 g/mol. The molecule has 3 heterocycles. The van der Waals surface area contributed by atoms with E-state index in [1.807, 2.05) is 0 Å². The maximum Gasteiger partial charge on any atom is 0.138 e. The van der Waals surface area contributed by atoms with E-state index in [0.29, 0.717) is 0 Å². The van der Waals surface area contributed by atoms with Gasteiger partial charge >= 0.3 is 0 Å². The molecule has 0 saturated heterocycles. The van der Waals surface area contributed by atoms with E-state index in [9.17, 15) is 0 Å². The Morgan fingerprint density at radius 2 is 0.925 bits per heavy atom. The standard InChI is InChI=1S/C37H25N3/c1-5-13-33-27(9-1)28-10-2-6-14-34(28)39(33)26-20-19-24-17-18-25-23-38-37(22-32(25)31(24)21-26)40-35-15-7-3-11-29(35)30-12-4-8-16-36(30)40/h1-16,19-23H,17-18H2. The van der Waals surface area contributed by atoms with E-state index in [4.69, 9.17) is 4.98 Å². The van der Waals surface area contributed by atoms with Crippen LogP contribution in [0.3, 0.4) is 0 Å². The topological polar surface area (TPSA) is 22.8 Å². The lowest BCUT2D eigenvalue weighted by molar-refractivity contribution is 0.922. The van der Waals surface area contributed by atoms with Gasteiger partial charge in [0.05, 0.1) is 22.1 Å². The third-order valence-electron chi connectivity index (χ3n) is 8.67. The molecule has 188 valence electrons. The molecule has 0 atom stereocenters. The molecule has 0 aliphatic heterocycles. The quantitative estimate of drug-likeness (QED) is 0.227. The summed E-state index contributed by atoms with van der Waals surface area (Å²) in [4.78, 5) is 5.02. The van der Waals surface area contributed by atoms with Crippen molar-refractivity contribution in [2.75, 3.05) is 0 Å². The van der Waals surface area contributed by atoms with Crippen LogP contribution in [0.2, 0.25) is 0 Å². The molecule has 0 bridgehead atoms. The number of hydrogen-bond donors (Lipinski definition) is 0. The molecule has 9 rings (SSSR count). The minimum absolute atomic E-state index is 0.964. The first-order chi connectivity index (χ1) is 19.8. The van der Waals surface area contributed by atoms with Gasteiger partial charge in [0.15, 0.2) is 0 Å². The average Bonchev–Trinajstić information content (AvgIpc) is 3.54. The fraction of sp³-hybridized carbons (Fsp3) is 0.0541. The summed E-state index contributed by atoms with van der Waals surface area (Å²) in [7, 11) is 0. The van der Waals surface area contributed by atoms with Crippen LogP contribution < -0.4 is 0 Å². The SMILES string of the molecule is c1ccc2c(c1)c1ccccc1n2-c1ccc2c(c1)-c1cc(-n3c4ccccc4c4ccccc43)ncc1CC2. The van der Waals surface area contributed by atoms with Crippen molar-refractivity contribution in [3.05, 3.63) is 139 Å². The highest BCUT2D eigenvalue weighted by Crippen LogP contribution is 2.39. The van der Waals surface area contributed by atoms with Crippen LogP contribution in [-0.2, 0) is 12.8 Å². The number of fused-ring (bicyclic) bond motifs is 9. The summed E-state index contributed by atoms with van der Waals surface area (Å²) >= 11 is 0. The van der Waals surface area contributed by atoms with E-state index in [1.54, 1.807) is 0 Å². The molecule has 3 heteroatoms. The predicted molar refractivity (Wildman–Crippen MR) is 166 cm³/mol. The summed E-state index contributed by atoms with van der Waals surface area (Å²) < 4.78 is 4.73. The van der Waals surface area contributed by atoms with Crippen LogP contribution >= 0.6 is 0 Å². The molecule has 0 N–H and O–H groups in total.